The number of fused-ring (bicyclic) bond motifs is 8. The van der Waals surface area contributed by atoms with Gasteiger partial charge in [0, 0.05) is 32.7 Å². The highest BCUT2D eigenvalue weighted by molar-refractivity contribution is 6.24. The zero-order chi connectivity index (χ0) is 97.7. The number of carboxylic acid groups (broad SMARTS) is 3. The number of nitrogens with zero attached hydrogens (tertiary/aromatic N) is 8. The Hall–Kier alpha value is -14.7. The molecule has 4 aliphatic carbocycles. The Labute approximate surface area is 810 Å². The van der Waals surface area contributed by atoms with E-state index in [9.17, 15) is 92.0 Å². The standard InChI is InChI=1S/C33H32N2O5.C27H28N2O5.2C26H26N2O5/c36-30(27-16-8-9-17-28(27)33(39)40-21-22-10-2-1-3-11-22)34-19-18-23-12-4-5-13-24(23)29(34)20-35-31(37)25-14-6-7-15-26(25)32(35)38;30-24(21-11-5-6-12-22(21)27(33)34)28-15-13-17-7-1-2-8-18(17)23(28)14-16-29-25(31)19-9-3-4-10-20(19)26(29)32;2*29-23(20-11-5-6-12-21(20)26(32)33)27-14-13-16-7-1-2-8-17(16)22(27)15-28-24(30)18-9-3-4-10-19(18)25(28)31/h1-7,10-15,27-29H,8-9,16-21H2;1-4,7-10,21-23H,5-6,11-16H2,(H,33,34);2*1-4,7-10,20-22H,5-6,11-15H2,(H,32,33)/t27-,28+,29?;21-,22+,23+;;/m11../s1. The summed E-state index contributed by atoms with van der Waals surface area (Å²) in [6, 6.07) is 66.3. The van der Waals surface area contributed by atoms with Crippen molar-refractivity contribution < 1.29 is 96.8 Å². The minimum absolute atomic E-state index is 0.0551. The summed E-state index contributed by atoms with van der Waals surface area (Å²) in [6.45, 7) is 2.40. The van der Waals surface area contributed by atoms with Crippen molar-refractivity contribution in [3.63, 3.8) is 0 Å². The summed E-state index contributed by atoms with van der Waals surface area (Å²) < 4.78 is 5.68. The maximum atomic E-state index is 14.2. The van der Waals surface area contributed by atoms with E-state index in [1.807, 2.05) is 132 Å². The molecule has 28 heteroatoms. The third kappa shape index (κ3) is 19.0. The van der Waals surface area contributed by atoms with Crippen LogP contribution in [0.25, 0.3) is 0 Å². The molecule has 9 aromatic carbocycles. The number of aliphatic carboxylic acids is 3. The molecular formula is C112H112N8O20. The summed E-state index contributed by atoms with van der Waals surface area (Å²) in [4.78, 5) is 221. The lowest BCUT2D eigenvalue weighted by Crippen LogP contribution is -2.50. The van der Waals surface area contributed by atoms with Gasteiger partial charge < -0.3 is 39.7 Å². The van der Waals surface area contributed by atoms with E-state index in [2.05, 4.69) is 0 Å². The lowest BCUT2D eigenvalue weighted by atomic mass is 9.77. The largest absolute Gasteiger partial charge is 0.481 e. The number of carbonyl (C=O) groups is 16. The summed E-state index contributed by atoms with van der Waals surface area (Å²) in [5.41, 5.74) is 12.2. The van der Waals surface area contributed by atoms with Gasteiger partial charge in [0.2, 0.25) is 23.6 Å². The zero-order valence-corrected chi connectivity index (χ0v) is 77.9. The molecule has 140 heavy (non-hydrogen) atoms. The van der Waals surface area contributed by atoms with Crippen LogP contribution in [0.4, 0.5) is 0 Å². The molecule has 0 radical (unpaired) electrons. The number of benzene rings is 9. The van der Waals surface area contributed by atoms with Gasteiger partial charge >= 0.3 is 23.9 Å². The van der Waals surface area contributed by atoms with E-state index in [1.165, 1.54) is 19.6 Å². The fourth-order valence-corrected chi connectivity index (χ4v) is 23.6. The van der Waals surface area contributed by atoms with Crippen molar-refractivity contribution in [1.82, 2.24) is 39.2 Å². The maximum Gasteiger partial charge on any atom is 0.310 e. The fraction of sp³-hybridized carbons (Fsp3) is 0.375. The Balaban J connectivity index is 0.000000124. The highest BCUT2D eigenvalue weighted by Gasteiger charge is 2.51. The highest BCUT2D eigenvalue weighted by Crippen LogP contribution is 2.46. The molecule has 4 fully saturated rings. The van der Waals surface area contributed by atoms with Gasteiger partial charge in [0.05, 0.1) is 136 Å². The highest BCUT2D eigenvalue weighted by atomic mass is 16.5. The number of ether oxygens (including phenoxy) is 1. The third-order valence-electron chi connectivity index (χ3n) is 30.8. The molecule has 8 aliphatic heterocycles. The SMILES string of the molecule is O=C(O)C1CCCCC1C(=O)N1CCc2ccccc2C1CN1C(=O)c2ccccc2C1=O.O=C(O)C1CCCCC1C(=O)N1CCc2ccccc2C1CN1C(=O)c2ccccc2C1=O.O=C(O)[C@H]1CCCC[C@H]1C(=O)N1CCc2ccccc2[C@@H]1CCN1C(=O)c2ccccc2C1=O.O=C(OCc1ccccc1)[C@H]1CCCC[C@H]1C(=O)N1CCc2ccccc2C1CN1C(=O)c2ccccc2C1=O. The number of rotatable bonds is 19. The summed E-state index contributed by atoms with van der Waals surface area (Å²) in [6.07, 6.45) is 14.2. The van der Waals surface area contributed by atoms with E-state index in [0.717, 1.165) is 101 Å². The average Bonchev–Trinajstić information content (AvgIpc) is 1.42. The van der Waals surface area contributed by atoms with Gasteiger partial charge in [0.1, 0.15) is 6.61 Å². The number of esters is 1. The van der Waals surface area contributed by atoms with Gasteiger partial charge in [-0.25, -0.2) is 0 Å². The van der Waals surface area contributed by atoms with Crippen molar-refractivity contribution in [3.05, 3.63) is 319 Å². The predicted molar refractivity (Wildman–Crippen MR) is 511 cm³/mol. The Morgan fingerprint density at radius 1 is 0.257 bits per heavy atom. The summed E-state index contributed by atoms with van der Waals surface area (Å²) in [5.74, 6) is -11.1. The Morgan fingerprint density at radius 2 is 0.479 bits per heavy atom. The summed E-state index contributed by atoms with van der Waals surface area (Å²) in [7, 11) is 0. The van der Waals surface area contributed by atoms with Crippen LogP contribution in [0.15, 0.2) is 224 Å². The van der Waals surface area contributed by atoms with Crippen molar-refractivity contribution in [1.29, 1.82) is 0 Å². The Bertz CT molecular complexity index is 6090. The first-order chi connectivity index (χ1) is 67.9. The topological polar surface area (TPSA) is 369 Å². The second-order valence-corrected chi connectivity index (χ2v) is 38.5. The summed E-state index contributed by atoms with van der Waals surface area (Å²) in [5, 5.41) is 29.1. The number of carboxylic acids is 3. The van der Waals surface area contributed by atoms with Gasteiger partial charge in [-0.05, 0) is 182 Å². The van der Waals surface area contributed by atoms with Crippen LogP contribution in [0.2, 0.25) is 0 Å². The van der Waals surface area contributed by atoms with Crippen LogP contribution in [0.3, 0.4) is 0 Å². The molecule has 0 spiro atoms. The lowest BCUT2D eigenvalue weighted by Gasteiger charge is -2.42. The quantitative estimate of drug-likeness (QED) is 0.0500. The van der Waals surface area contributed by atoms with Crippen LogP contribution in [0.1, 0.15) is 266 Å². The van der Waals surface area contributed by atoms with Crippen molar-refractivity contribution >= 4 is 94.8 Å². The normalized spacial score (nSPS) is 23.7. The van der Waals surface area contributed by atoms with E-state index in [4.69, 9.17) is 4.74 Å². The minimum atomic E-state index is -0.928. The van der Waals surface area contributed by atoms with Gasteiger partial charge in [0.15, 0.2) is 0 Å². The zero-order valence-electron chi connectivity index (χ0n) is 77.9. The van der Waals surface area contributed by atoms with Crippen molar-refractivity contribution in [3.8, 4) is 0 Å². The Morgan fingerprint density at radius 3 is 0.757 bits per heavy atom. The van der Waals surface area contributed by atoms with Crippen LogP contribution in [-0.2, 0) is 75.4 Å². The van der Waals surface area contributed by atoms with Crippen LogP contribution in [0.5, 0.6) is 0 Å². The average molecular weight is 1890 g/mol. The van der Waals surface area contributed by atoms with Gasteiger partial charge in [-0.2, -0.15) is 0 Å². The number of hydrogen-bond donors (Lipinski definition) is 3. The number of amides is 12. The Kier molecular flexibility index (Phi) is 28.6. The molecule has 0 aromatic heterocycles. The van der Waals surface area contributed by atoms with E-state index in [1.54, 1.807) is 112 Å². The maximum absolute atomic E-state index is 14.2. The van der Waals surface area contributed by atoms with Crippen molar-refractivity contribution in [2.45, 2.75) is 166 Å². The number of carbonyl (C=O) groups excluding carboxylic acids is 13. The second-order valence-electron chi connectivity index (χ2n) is 38.5. The molecule has 12 amide bonds. The molecule has 8 heterocycles. The predicted octanol–water partition coefficient (Wildman–Crippen LogP) is 15.2. The summed E-state index contributed by atoms with van der Waals surface area (Å²) >= 11 is 0. The molecule has 21 rings (SSSR count). The first-order valence-electron chi connectivity index (χ1n) is 49.2. The first-order valence-corrected chi connectivity index (χ1v) is 49.2. The van der Waals surface area contributed by atoms with E-state index < -0.39 is 83.4 Å². The van der Waals surface area contributed by atoms with Crippen LogP contribution in [-0.4, -0.2) is 202 Å². The first kappa shape index (κ1) is 95.6. The van der Waals surface area contributed by atoms with E-state index in [0.29, 0.717) is 154 Å². The molecule has 720 valence electrons. The van der Waals surface area contributed by atoms with Crippen LogP contribution < -0.4 is 0 Å². The molecule has 7 unspecified atom stereocenters. The molecular weight excluding hydrogens is 1780 g/mol. The second kappa shape index (κ2) is 41.9. The smallest absolute Gasteiger partial charge is 0.310 e. The van der Waals surface area contributed by atoms with E-state index >= 15 is 0 Å². The molecule has 4 saturated carbocycles. The monoisotopic (exact) mass is 1890 g/mol. The fourth-order valence-electron chi connectivity index (χ4n) is 23.6. The molecule has 12 aliphatic rings. The lowest BCUT2D eigenvalue weighted by molar-refractivity contribution is -0.159. The van der Waals surface area contributed by atoms with Gasteiger partial charge in [-0.15, -0.1) is 0 Å². The van der Waals surface area contributed by atoms with Crippen LogP contribution in [0, 0.1) is 47.3 Å². The van der Waals surface area contributed by atoms with Gasteiger partial charge in [-0.3, -0.25) is 96.3 Å². The number of hydrogen-bond acceptors (Lipinski definition) is 17. The molecule has 28 nitrogen and oxygen atoms in total. The third-order valence-corrected chi connectivity index (χ3v) is 30.8. The van der Waals surface area contributed by atoms with Gasteiger partial charge in [-0.1, -0.05) is 227 Å². The van der Waals surface area contributed by atoms with Crippen molar-refractivity contribution in [2.75, 3.05) is 52.4 Å². The molecule has 9 aromatic rings. The minimum Gasteiger partial charge on any atom is -0.481 e. The molecule has 3 N–H and O–H groups in total. The van der Waals surface area contributed by atoms with Crippen molar-refractivity contribution in [2.24, 2.45) is 47.3 Å². The van der Waals surface area contributed by atoms with Gasteiger partial charge in [0.25, 0.3) is 47.3 Å². The molecule has 12 atom stereocenters. The number of imide groups is 4. The molecule has 0 saturated heterocycles. The van der Waals surface area contributed by atoms with E-state index in [-0.39, 0.29) is 116 Å². The molecule has 0 bridgehead atoms. The van der Waals surface area contributed by atoms with Crippen LogP contribution >= 0.6 is 0 Å².